The Morgan fingerprint density at radius 2 is 2.15 bits per heavy atom. The molecule has 0 aliphatic carbocycles. The Morgan fingerprint density at radius 3 is 2.70 bits per heavy atom. The fraction of sp³-hybridized carbons (Fsp3) is 0.583. The van der Waals surface area contributed by atoms with E-state index in [0.29, 0.717) is 19.4 Å². The van der Waals surface area contributed by atoms with Crippen LogP contribution in [-0.2, 0) is 16.0 Å². The number of hydrogen-bond donors (Lipinski definition) is 5. The maximum Gasteiger partial charge on any atom is 0.240 e. The number of hydrogen-bond acceptors (Lipinski definition) is 5. The third-order valence-electron chi connectivity index (χ3n) is 2.94. The summed E-state index contributed by atoms with van der Waals surface area (Å²) in [6, 6.07) is -1.46. The number of amides is 2. The van der Waals surface area contributed by atoms with Crippen molar-refractivity contribution in [1.82, 2.24) is 15.3 Å². The zero-order valence-corrected chi connectivity index (χ0v) is 11.3. The molecule has 20 heavy (non-hydrogen) atoms. The molecule has 1 aromatic heterocycles. The van der Waals surface area contributed by atoms with E-state index in [1.54, 1.807) is 6.20 Å². The van der Waals surface area contributed by atoms with E-state index in [-0.39, 0.29) is 0 Å². The molecule has 0 aliphatic rings. The van der Waals surface area contributed by atoms with E-state index in [1.165, 1.54) is 6.33 Å². The number of primary amides is 1. The highest BCUT2D eigenvalue weighted by Crippen LogP contribution is 2.02. The van der Waals surface area contributed by atoms with E-state index in [1.807, 2.05) is 0 Å². The van der Waals surface area contributed by atoms with E-state index >= 15 is 0 Å². The largest absolute Gasteiger partial charge is 0.368 e. The van der Waals surface area contributed by atoms with Crippen LogP contribution >= 0.6 is 0 Å². The van der Waals surface area contributed by atoms with Crippen LogP contribution in [0.4, 0.5) is 0 Å². The second-order valence-electron chi connectivity index (χ2n) is 4.64. The maximum atomic E-state index is 11.9. The Morgan fingerprint density at radius 1 is 1.40 bits per heavy atom. The average molecular weight is 282 g/mol. The minimum atomic E-state index is -0.758. The first-order valence-corrected chi connectivity index (χ1v) is 6.57. The molecular formula is C12H22N6O2. The third kappa shape index (κ3) is 5.37. The molecule has 1 aromatic rings. The first kappa shape index (κ1) is 16.1. The minimum Gasteiger partial charge on any atom is -0.368 e. The Labute approximate surface area is 117 Å². The first-order valence-electron chi connectivity index (χ1n) is 6.57. The molecule has 0 saturated carbocycles. The Hall–Kier alpha value is -1.93. The van der Waals surface area contributed by atoms with Crippen LogP contribution in [-0.4, -0.2) is 40.4 Å². The molecule has 1 heterocycles. The first-order chi connectivity index (χ1) is 9.54. The fourth-order valence-corrected chi connectivity index (χ4v) is 1.78. The second-order valence-corrected chi connectivity index (χ2v) is 4.64. The predicted octanol–water partition coefficient (Wildman–Crippen LogP) is -1.62. The normalized spacial score (nSPS) is 13.7. The summed E-state index contributed by atoms with van der Waals surface area (Å²) < 4.78 is 0. The number of aromatic amines is 1. The highest BCUT2D eigenvalue weighted by atomic mass is 16.2. The standard InChI is InChI=1S/C12H22N6O2/c13-4-2-1-3-10(11(15)19)18-12(20)9(14)5-8-6-16-7-17-8/h6-7,9-10H,1-5,13-14H2,(H2,15,19)(H,16,17)(H,18,20)/t9-,10-/m0/s1. The molecule has 112 valence electrons. The monoisotopic (exact) mass is 282 g/mol. The van der Waals surface area contributed by atoms with Crippen LogP contribution in [0.3, 0.4) is 0 Å². The molecule has 8 nitrogen and oxygen atoms in total. The molecule has 0 aromatic carbocycles. The van der Waals surface area contributed by atoms with Gasteiger partial charge in [-0.3, -0.25) is 9.59 Å². The number of imidazole rings is 1. The van der Waals surface area contributed by atoms with Crippen molar-refractivity contribution in [2.24, 2.45) is 17.2 Å². The molecule has 2 amide bonds. The molecule has 8 N–H and O–H groups in total. The molecule has 0 unspecified atom stereocenters. The van der Waals surface area contributed by atoms with Gasteiger partial charge in [0.25, 0.3) is 0 Å². The third-order valence-corrected chi connectivity index (χ3v) is 2.94. The van der Waals surface area contributed by atoms with Gasteiger partial charge in [0, 0.05) is 18.3 Å². The van der Waals surface area contributed by atoms with E-state index < -0.39 is 23.9 Å². The summed E-state index contributed by atoms with van der Waals surface area (Å²) in [7, 11) is 0. The van der Waals surface area contributed by atoms with Crippen molar-refractivity contribution < 1.29 is 9.59 Å². The number of carbonyl (C=O) groups is 2. The molecule has 0 saturated heterocycles. The van der Waals surface area contributed by atoms with Gasteiger partial charge in [-0.25, -0.2) is 4.98 Å². The number of H-pyrrole nitrogens is 1. The molecule has 0 radical (unpaired) electrons. The van der Waals surface area contributed by atoms with Gasteiger partial charge in [0.2, 0.25) is 11.8 Å². The van der Waals surface area contributed by atoms with E-state index in [9.17, 15) is 9.59 Å². The molecular weight excluding hydrogens is 260 g/mol. The molecule has 8 heteroatoms. The summed E-state index contributed by atoms with van der Waals surface area (Å²) in [5.74, 6) is -0.972. The highest BCUT2D eigenvalue weighted by Gasteiger charge is 2.21. The lowest BCUT2D eigenvalue weighted by molar-refractivity contribution is -0.128. The summed E-state index contributed by atoms with van der Waals surface area (Å²) in [4.78, 5) is 29.9. The second kappa shape index (κ2) is 8.28. The van der Waals surface area contributed by atoms with Crippen LogP contribution in [0.15, 0.2) is 12.5 Å². The van der Waals surface area contributed by atoms with Crippen molar-refractivity contribution >= 4 is 11.8 Å². The Kier molecular flexibility index (Phi) is 6.68. The molecule has 0 fully saturated rings. The summed E-state index contributed by atoms with van der Waals surface area (Å²) in [6.07, 6.45) is 5.40. The van der Waals surface area contributed by atoms with E-state index in [4.69, 9.17) is 17.2 Å². The van der Waals surface area contributed by atoms with Crippen LogP contribution in [0.2, 0.25) is 0 Å². The zero-order chi connectivity index (χ0) is 15.0. The van der Waals surface area contributed by atoms with Crippen LogP contribution < -0.4 is 22.5 Å². The highest BCUT2D eigenvalue weighted by molar-refractivity contribution is 5.88. The van der Waals surface area contributed by atoms with Crippen molar-refractivity contribution in [1.29, 1.82) is 0 Å². The predicted molar refractivity (Wildman–Crippen MR) is 74.3 cm³/mol. The van der Waals surface area contributed by atoms with Gasteiger partial charge in [-0.15, -0.1) is 0 Å². The van der Waals surface area contributed by atoms with Crippen LogP contribution in [0.5, 0.6) is 0 Å². The van der Waals surface area contributed by atoms with Crippen molar-refractivity contribution in [3.8, 4) is 0 Å². The number of nitrogens with two attached hydrogens (primary N) is 3. The lowest BCUT2D eigenvalue weighted by Crippen LogP contribution is -2.51. The van der Waals surface area contributed by atoms with Gasteiger partial charge in [0.05, 0.1) is 12.4 Å². The summed E-state index contributed by atoms with van der Waals surface area (Å²) >= 11 is 0. The van der Waals surface area contributed by atoms with E-state index in [0.717, 1.165) is 18.5 Å². The SMILES string of the molecule is NCCCC[C@H](NC(=O)[C@@H](N)Cc1cnc[nH]1)C(N)=O. The molecule has 0 aliphatic heterocycles. The van der Waals surface area contributed by atoms with Crippen molar-refractivity contribution in [3.63, 3.8) is 0 Å². The number of unbranched alkanes of at least 4 members (excludes halogenated alkanes) is 1. The number of nitrogens with zero attached hydrogens (tertiary/aromatic N) is 1. The number of rotatable bonds is 9. The smallest absolute Gasteiger partial charge is 0.240 e. The van der Waals surface area contributed by atoms with Gasteiger partial charge in [-0.1, -0.05) is 0 Å². The number of aromatic nitrogens is 2. The Balaban J connectivity index is 2.45. The van der Waals surface area contributed by atoms with Gasteiger partial charge in [-0.05, 0) is 25.8 Å². The van der Waals surface area contributed by atoms with Gasteiger partial charge < -0.3 is 27.5 Å². The van der Waals surface area contributed by atoms with Crippen molar-refractivity contribution in [3.05, 3.63) is 18.2 Å². The van der Waals surface area contributed by atoms with Gasteiger partial charge >= 0.3 is 0 Å². The molecule has 0 spiro atoms. The topological polar surface area (TPSA) is 153 Å². The summed E-state index contributed by atoms with van der Waals surface area (Å²) in [5, 5.41) is 2.57. The molecule has 0 bridgehead atoms. The van der Waals surface area contributed by atoms with Gasteiger partial charge in [0.1, 0.15) is 6.04 Å². The number of carbonyl (C=O) groups excluding carboxylic acids is 2. The van der Waals surface area contributed by atoms with Crippen molar-refractivity contribution in [2.45, 2.75) is 37.8 Å². The van der Waals surface area contributed by atoms with Crippen LogP contribution in [0.1, 0.15) is 25.0 Å². The van der Waals surface area contributed by atoms with Crippen LogP contribution in [0.25, 0.3) is 0 Å². The van der Waals surface area contributed by atoms with E-state index in [2.05, 4.69) is 15.3 Å². The maximum absolute atomic E-state index is 11.9. The summed E-state index contributed by atoms with van der Waals surface area (Å²) in [5.41, 5.74) is 17.2. The fourth-order valence-electron chi connectivity index (χ4n) is 1.78. The summed E-state index contributed by atoms with van der Waals surface area (Å²) in [6.45, 7) is 0.540. The lowest BCUT2D eigenvalue weighted by Gasteiger charge is -2.18. The molecule has 2 atom stereocenters. The van der Waals surface area contributed by atoms with Gasteiger partial charge in [-0.2, -0.15) is 0 Å². The molecule has 1 rings (SSSR count). The van der Waals surface area contributed by atoms with Crippen molar-refractivity contribution in [2.75, 3.05) is 6.54 Å². The Bertz CT molecular complexity index is 420. The van der Waals surface area contributed by atoms with Gasteiger partial charge in [0.15, 0.2) is 0 Å². The number of nitrogens with one attached hydrogen (secondary N) is 2. The zero-order valence-electron chi connectivity index (χ0n) is 11.3. The quantitative estimate of drug-likeness (QED) is 0.344. The lowest BCUT2D eigenvalue weighted by atomic mass is 10.1. The van der Waals surface area contributed by atoms with Crippen LogP contribution in [0, 0.1) is 0 Å². The minimum absolute atomic E-state index is 0.320. The average Bonchev–Trinajstić information content (AvgIpc) is 2.90.